The molecule has 2 heterocycles. The van der Waals surface area contributed by atoms with Gasteiger partial charge in [-0.05, 0) is 42.0 Å². The Morgan fingerprint density at radius 2 is 1.78 bits per heavy atom. The van der Waals surface area contributed by atoms with Gasteiger partial charge in [-0.15, -0.1) is 10.2 Å². The highest BCUT2D eigenvalue weighted by Gasteiger charge is 2.18. The lowest BCUT2D eigenvalue weighted by Gasteiger charge is -2.09. The highest BCUT2D eigenvalue weighted by Crippen LogP contribution is 2.26. The second-order valence-electron chi connectivity index (χ2n) is 7.02. The van der Waals surface area contributed by atoms with Crippen LogP contribution in [0.5, 0.6) is 0 Å². The highest BCUT2D eigenvalue weighted by molar-refractivity contribution is 7.99. The summed E-state index contributed by atoms with van der Waals surface area (Å²) in [5.41, 5.74) is 1.96. The fourth-order valence-corrected chi connectivity index (χ4v) is 4.44. The summed E-state index contributed by atoms with van der Waals surface area (Å²) in [5, 5.41) is 9.15. The molecule has 0 saturated carbocycles. The summed E-state index contributed by atoms with van der Waals surface area (Å²) < 4.78 is 32.5. The molecule has 2 aromatic carbocycles. The van der Waals surface area contributed by atoms with E-state index in [9.17, 15) is 13.2 Å². The summed E-state index contributed by atoms with van der Waals surface area (Å²) in [6, 6.07) is 19.8. The van der Waals surface area contributed by atoms with Crippen molar-refractivity contribution in [3.05, 3.63) is 84.1 Å². The van der Waals surface area contributed by atoms with Gasteiger partial charge in [0.1, 0.15) is 0 Å². The van der Waals surface area contributed by atoms with Crippen molar-refractivity contribution in [3.8, 4) is 11.6 Å². The van der Waals surface area contributed by atoms with Gasteiger partial charge in [0.25, 0.3) is 0 Å². The number of rotatable bonds is 9. The molecule has 0 spiro atoms. The molecule has 32 heavy (non-hydrogen) atoms. The zero-order valence-electron chi connectivity index (χ0n) is 17.1. The average Bonchev–Trinajstić information content (AvgIpc) is 3.42. The number of nitrogens with zero attached hydrogens (tertiary/aromatic N) is 3. The first-order valence-corrected chi connectivity index (χ1v) is 12.5. The van der Waals surface area contributed by atoms with Crippen LogP contribution in [0, 0.1) is 0 Å². The quantitative estimate of drug-likeness (QED) is 0.293. The van der Waals surface area contributed by atoms with E-state index in [0.29, 0.717) is 34.5 Å². The summed E-state index contributed by atoms with van der Waals surface area (Å²) in [4.78, 5) is 12.7. The molecule has 0 atom stereocenters. The molecule has 0 amide bonds. The van der Waals surface area contributed by atoms with Crippen LogP contribution in [0.25, 0.3) is 11.6 Å². The van der Waals surface area contributed by atoms with Crippen LogP contribution in [-0.4, -0.2) is 41.0 Å². The number of thioether (sulfide) groups is 1. The molecule has 0 bridgehead atoms. The van der Waals surface area contributed by atoms with Gasteiger partial charge in [-0.3, -0.25) is 14.1 Å². The molecule has 0 unspecified atom stereocenters. The predicted molar refractivity (Wildman–Crippen MR) is 123 cm³/mol. The Bertz CT molecular complexity index is 1300. The van der Waals surface area contributed by atoms with Crippen molar-refractivity contribution < 1.29 is 17.6 Å². The van der Waals surface area contributed by atoms with Gasteiger partial charge in [-0.1, -0.05) is 42.1 Å². The lowest BCUT2D eigenvalue weighted by Crippen LogP contribution is -2.10. The number of carbonyl (C=O) groups excluding carboxylic acids is 1. The summed E-state index contributed by atoms with van der Waals surface area (Å²) in [5.74, 6) is 1.24. The normalized spacial score (nSPS) is 11.4. The van der Waals surface area contributed by atoms with E-state index in [1.165, 1.54) is 11.8 Å². The van der Waals surface area contributed by atoms with E-state index in [1.54, 1.807) is 36.6 Å². The molecule has 4 rings (SSSR count). The molecule has 0 fully saturated rings. The van der Waals surface area contributed by atoms with Crippen LogP contribution >= 0.6 is 11.8 Å². The number of sulfonamides is 1. The minimum absolute atomic E-state index is 0.102. The minimum Gasteiger partial charge on any atom is -0.461 e. The number of furan rings is 1. The number of hydrogen-bond donors (Lipinski definition) is 1. The zero-order valence-corrected chi connectivity index (χ0v) is 18.8. The molecule has 4 aromatic rings. The summed E-state index contributed by atoms with van der Waals surface area (Å²) in [6.45, 7) is 0.534. The molecule has 2 aromatic heterocycles. The first kappa shape index (κ1) is 21.8. The summed E-state index contributed by atoms with van der Waals surface area (Å²) in [6.07, 6.45) is 2.65. The molecule has 0 radical (unpaired) electrons. The Hall–Kier alpha value is -3.37. The maximum atomic E-state index is 12.7. The van der Waals surface area contributed by atoms with Gasteiger partial charge in [0, 0.05) is 11.3 Å². The van der Waals surface area contributed by atoms with E-state index in [4.69, 9.17) is 4.42 Å². The molecule has 0 aliphatic heterocycles. The van der Waals surface area contributed by atoms with Gasteiger partial charge in [-0.25, -0.2) is 8.42 Å². The fraction of sp³-hybridized carbons (Fsp3) is 0.136. The van der Waals surface area contributed by atoms with Crippen LogP contribution in [0.4, 0.5) is 5.69 Å². The largest absolute Gasteiger partial charge is 0.461 e. The van der Waals surface area contributed by atoms with E-state index in [0.717, 1.165) is 11.8 Å². The van der Waals surface area contributed by atoms with E-state index in [1.807, 2.05) is 41.0 Å². The zero-order chi connectivity index (χ0) is 22.6. The fourth-order valence-electron chi connectivity index (χ4n) is 3.04. The maximum absolute atomic E-state index is 12.7. The van der Waals surface area contributed by atoms with Crippen molar-refractivity contribution >= 4 is 33.3 Å². The Kier molecular flexibility index (Phi) is 6.42. The van der Waals surface area contributed by atoms with Crippen molar-refractivity contribution in [2.24, 2.45) is 0 Å². The number of benzene rings is 2. The topological polar surface area (TPSA) is 107 Å². The van der Waals surface area contributed by atoms with Crippen LogP contribution in [0.1, 0.15) is 15.9 Å². The molecular formula is C22H20N4O4S2. The molecule has 1 N–H and O–H groups in total. The van der Waals surface area contributed by atoms with Crippen molar-refractivity contribution in [1.29, 1.82) is 0 Å². The first-order valence-electron chi connectivity index (χ1n) is 9.64. The third-order valence-electron chi connectivity index (χ3n) is 4.48. The molecule has 164 valence electrons. The van der Waals surface area contributed by atoms with Crippen LogP contribution < -0.4 is 4.72 Å². The summed E-state index contributed by atoms with van der Waals surface area (Å²) >= 11 is 1.29. The van der Waals surface area contributed by atoms with Crippen LogP contribution in [-0.2, 0) is 16.6 Å². The monoisotopic (exact) mass is 468 g/mol. The van der Waals surface area contributed by atoms with Gasteiger partial charge in [0.2, 0.25) is 15.8 Å². The van der Waals surface area contributed by atoms with Gasteiger partial charge in [0.05, 0.1) is 24.8 Å². The number of ketones is 1. The molecule has 0 aliphatic carbocycles. The van der Waals surface area contributed by atoms with Gasteiger partial charge in [-0.2, -0.15) is 0 Å². The smallest absolute Gasteiger partial charge is 0.229 e. The van der Waals surface area contributed by atoms with Gasteiger partial charge in [0.15, 0.2) is 16.7 Å². The van der Waals surface area contributed by atoms with Crippen molar-refractivity contribution in [3.63, 3.8) is 0 Å². The number of nitrogens with one attached hydrogen (secondary N) is 1. The standard InChI is InChI=1S/C22H20N4O4S2/c1-32(28,29)25-18-11-9-17(10-12-18)19(27)15-31-22-24-23-21(20-8-5-13-30-20)26(22)14-16-6-3-2-4-7-16/h2-13,25H,14-15H2,1H3. The molecule has 8 nitrogen and oxygen atoms in total. The minimum atomic E-state index is -3.37. The molecular weight excluding hydrogens is 448 g/mol. The lowest BCUT2D eigenvalue weighted by molar-refractivity contribution is 0.102. The number of anilines is 1. The number of Topliss-reactive ketones (excluding diaryl/α,β-unsaturated/α-hetero) is 1. The van der Waals surface area contributed by atoms with E-state index in [2.05, 4.69) is 14.9 Å². The molecule has 0 saturated heterocycles. The molecule has 0 aliphatic rings. The van der Waals surface area contributed by atoms with E-state index < -0.39 is 10.0 Å². The SMILES string of the molecule is CS(=O)(=O)Nc1ccc(C(=O)CSc2nnc(-c3ccco3)n2Cc2ccccc2)cc1. The average molecular weight is 469 g/mol. The van der Waals surface area contributed by atoms with Gasteiger partial charge < -0.3 is 4.42 Å². The molecule has 10 heteroatoms. The van der Waals surface area contributed by atoms with Crippen molar-refractivity contribution in [2.45, 2.75) is 11.7 Å². The predicted octanol–water partition coefficient (Wildman–Crippen LogP) is 3.93. The highest BCUT2D eigenvalue weighted by atomic mass is 32.2. The van der Waals surface area contributed by atoms with Crippen LogP contribution in [0.15, 0.2) is 82.6 Å². The van der Waals surface area contributed by atoms with Crippen molar-refractivity contribution in [2.75, 3.05) is 16.7 Å². The number of carbonyl (C=O) groups is 1. The Morgan fingerprint density at radius 3 is 2.44 bits per heavy atom. The first-order chi connectivity index (χ1) is 15.4. The summed E-state index contributed by atoms with van der Waals surface area (Å²) in [7, 11) is -3.37. The van der Waals surface area contributed by atoms with E-state index in [-0.39, 0.29) is 11.5 Å². The number of hydrogen-bond acceptors (Lipinski definition) is 7. The maximum Gasteiger partial charge on any atom is 0.229 e. The van der Waals surface area contributed by atoms with Crippen LogP contribution in [0.3, 0.4) is 0 Å². The van der Waals surface area contributed by atoms with Crippen LogP contribution in [0.2, 0.25) is 0 Å². The Labute approximate surface area is 189 Å². The Morgan fingerprint density at radius 1 is 1.03 bits per heavy atom. The Balaban J connectivity index is 1.51. The second kappa shape index (κ2) is 9.41. The second-order valence-corrected chi connectivity index (χ2v) is 9.71. The van der Waals surface area contributed by atoms with Gasteiger partial charge >= 0.3 is 0 Å². The van der Waals surface area contributed by atoms with Crippen molar-refractivity contribution in [1.82, 2.24) is 14.8 Å². The third kappa shape index (κ3) is 5.45. The third-order valence-corrected chi connectivity index (χ3v) is 6.06. The lowest BCUT2D eigenvalue weighted by atomic mass is 10.1. The number of aromatic nitrogens is 3. The van der Waals surface area contributed by atoms with E-state index >= 15 is 0 Å².